The molecule has 4 nitrogen and oxygen atoms in total. The van der Waals surface area contributed by atoms with E-state index in [-0.39, 0.29) is 4.90 Å². The van der Waals surface area contributed by atoms with E-state index in [1.165, 1.54) is 28.8 Å². The second-order valence-electron chi connectivity index (χ2n) is 7.61. The zero-order valence-electron chi connectivity index (χ0n) is 15.2. The highest BCUT2D eigenvalue weighted by molar-refractivity contribution is 7.85. The zero-order valence-corrected chi connectivity index (χ0v) is 16.0. The number of benzene rings is 2. The lowest BCUT2D eigenvalue weighted by Crippen LogP contribution is -2.38. The molecule has 4 rings (SSSR count). The minimum atomic E-state index is -4.15. The van der Waals surface area contributed by atoms with E-state index >= 15 is 0 Å². The van der Waals surface area contributed by atoms with Gasteiger partial charge in [-0.3, -0.25) is 4.55 Å². The van der Waals surface area contributed by atoms with Crippen LogP contribution in [0.2, 0.25) is 0 Å². The maximum absolute atomic E-state index is 11.4. The largest absolute Gasteiger partial charge is 0.303 e. The van der Waals surface area contributed by atoms with Gasteiger partial charge in [0.15, 0.2) is 0 Å². The molecule has 1 saturated heterocycles. The molecule has 0 amide bonds. The molecule has 1 heterocycles. The van der Waals surface area contributed by atoms with Crippen LogP contribution in [0.4, 0.5) is 0 Å². The van der Waals surface area contributed by atoms with Crippen molar-refractivity contribution in [2.75, 3.05) is 19.6 Å². The lowest BCUT2D eigenvalue weighted by atomic mass is 9.78. The van der Waals surface area contributed by atoms with Crippen LogP contribution >= 0.6 is 0 Å². The number of likely N-dealkylation sites (tertiary alicyclic amines) is 1. The van der Waals surface area contributed by atoms with E-state index in [2.05, 4.69) is 36.9 Å². The van der Waals surface area contributed by atoms with Crippen LogP contribution < -0.4 is 0 Å². The van der Waals surface area contributed by atoms with Gasteiger partial charge in [-0.1, -0.05) is 42.8 Å². The molecule has 0 unspecified atom stereocenters. The summed E-state index contributed by atoms with van der Waals surface area (Å²) in [6.45, 7) is 7.63. The average Bonchev–Trinajstić information content (AvgIpc) is 2.93. The second-order valence-corrected chi connectivity index (χ2v) is 9.03. The van der Waals surface area contributed by atoms with Gasteiger partial charge in [0.05, 0.1) is 4.90 Å². The van der Waals surface area contributed by atoms with Crippen molar-refractivity contribution in [1.29, 1.82) is 0 Å². The molecule has 2 aromatic carbocycles. The highest BCUT2D eigenvalue weighted by Crippen LogP contribution is 2.53. The summed E-state index contributed by atoms with van der Waals surface area (Å²) in [6, 6.07) is 13.6. The Morgan fingerprint density at radius 3 is 2.50 bits per heavy atom. The normalized spacial score (nSPS) is 25.7. The predicted molar refractivity (Wildman–Crippen MR) is 102 cm³/mol. The van der Waals surface area contributed by atoms with Gasteiger partial charge >= 0.3 is 0 Å². The molecule has 0 saturated carbocycles. The summed E-state index contributed by atoms with van der Waals surface area (Å²) in [5, 5.41) is 0. The van der Waals surface area contributed by atoms with Crippen LogP contribution in [0.25, 0.3) is 0 Å². The van der Waals surface area contributed by atoms with E-state index in [0.29, 0.717) is 17.8 Å². The smallest absolute Gasteiger partial charge is 0.294 e. The summed E-state index contributed by atoms with van der Waals surface area (Å²) < 4.78 is 32.0. The molecule has 5 heteroatoms. The SMILES string of the molecule is CCN1CC[C@H]2[C@H](c3ccc(S(=O)(=O)O)cc3)c3cc(C)ccc3[C@H]2C1. The van der Waals surface area contributed by atoms with Crippen LogP contribution in [0, 0.1) is 12.8 Å². The number of hydrogen-bond acceptors (Lipinski definition) is 3. The molecular formula is C21H25NO3S. The number of nitrogens with zero attached hydrogens (tertiary/aromatic N) is 1. The topological polar surface area (TPSA) is 57.6 Å². The van der Waals surface area contributed by atoms with Gasteiger partial charge in [-0.15, -0.1) is 0 Å². The Morgan fingerprint density at radius 2 is 1.85 bits per heavy atom. The first-order valence-corrected chi connectivity index (χ1v) is 10.7. The van der Waals surface area contributed by atoms with E-state index < -0.39 is 10.1 Å². The molecule has 2 aromatic rings. The van der Waals surface area contributed by atoms with Gasteiger partial charge < -0.3 is 4.90 Å². The molecule has 0 aromatic heterocycles. The van der Waals surface area contributed by atoms with Crippen LogP contribution in [0.3, 0.4) is 0 Å². The maximum Gasteiger partial charge on any atom is 0.294 e. The molecular weight excluding hydrogens is 346 g/mol. The van der Waals surface area contributed by atoms with Gasteiger partial charge in [-0.05, 0) is 61.2 Å². The molecule has 0 bridgehead atoms. The third-order valence-electron chi connectivity index (χ3n) is 6.14. The Balaban J connectivity index is 1.77. The fourth-order valence-corrected chi connectivity index (χ4v) is 5.34. The summed E-state index contributed by atoms with van der Waals surface area (Å²) >= 11 is 0. The van der Waals surface area contributed by atoms with E-state index in [1.807, 2.05) is 12.1 Å². The molecule has 26 heavy (non-hydrogen) atoms. The van der Waals surface area contributed by atoms with Gasteiger partial charge in [0.2, 0.25) is 0 Å². The summed E-state index contributed by atoms with van der Waals surface area (Å²) in [4.78, 5) is 2.48. The highest BCUT2D eigenvalue weighted by atomic mass is 32.2. The minimum absolute atomic E-state index is 0.0407. The Bertz CT molecular complexity index is 921. The van der Waals surface area contributed by atoms with E-state index in [9.17, 15) is 13.0 Å². The van der Waals surface area contributed by atoms with Crippen LogP contribution in [0.15, 0.2) is 47.4 Å². The summed E-state index contributed by atoms with van der Waals surface area (Å²) in [5.41, 5.74) is 5.23. The van der Waals surface area contributed by atoms with Crippen molar-refractivity contribution >= 4 is 10.1 Å². The Labute approximate surface area is 155 Å². The number of hydrogen-bond donors (Lipinski definition) is 1. The summed E-state index contributed by atoms with van der Waals surface area (Å²) in [5.74, 6) is 1.38. The maximum atomic E-state index is 11.4. The monoisotopic (exact) mass is 371 g/mol. The van der Waals surface area contributed by atoms with Crippen molar-refractivity contribution in [3.8, 4) is 0 Å². The van der Waals surface area contributed by atoms with E-state index in [4.69, 9.17) is 0 Å². The molecule has 1 aliphatic carbocycles. The van der Waals surface area contributed by atoms with Crippen molar-refractivity contribution in [1.82, 2.24) is 4.90 Å². The molecule has 0 spiro atoms. The number of likely N-dealkylation sites (N-methyl/N-ethyl adjacent to an activating group) is 1. The van der Waals surface area contributed by atoms with Gasteiger partial charge in [0, 0.05) is 18.4 Å². The molecule has 1 N–H and O–H groups in total. The van der Waals surface area contributed by atoms with Crippen molar-refractivity contribution in [3.63, 3.8) is 0 Å². The molecule has 138 valence electrons. The van der Waals surface area contributed by atoms with Crippen LogP contribution in [-0.4, -0.2) is 37.5 Å². The van der Waals surface area contributed by atoms with E-state index in [1.54, 1.807) is 0 Å². The number of piperidine rings is 1. The molecule has 2 aliphatic rings. The average molecular weight is 372 g/mol. The number of rotatable bonds is 3. The quantitative estimate of drug-likeness (QED) is 0.834. The van der Waals surface area contributed by atoms with Gasteiger partial charge in [-0.25, -0.2) is 0 Å². The third-order valence-corrected chi connectivity index (χ3v) is 7.01. The van der Waals surface area contributed by atoms with Gasteiger partial charge in [0.1, 0.15) is 0 Å². The van der Waals surface area contributed by atoms with Gasteiger partial charge in [0.25, 0.3) is 10.1 Å². The van der Waals surface area contributed by atoms with Gasteiger partial charge in [-0.2, -0.15) is 8.42 Å². The molecule has 1 aliphatic heterocycles. The van der Waals surface area contributed by atoms with Crippen molar-refractivity contribution in [2.24, 2.45) is 5.92 Å². The Kier molecular flexibility index (Phi) is 4.41. The predicted octanol–water partition coefficient (Wildman–Crippen LogP) is 3.81. The number of aryl methyl sites for hydroxylation is 1. The Morgan fingerprint density at radius 1 is 1.12 bits per heavy atom. The van der Waals surface area contributed by atoms with Crippen molar-refractivity contribution < 1.29 is 13.0 Å². The first-order valence-electron chi connectivity index (χ1n) is 9.28. The zero-order chi connectivity index (χ0) is 18.5. The fourth-order valence-electron chi connectivity index (χ4n) is 4.86. The second kappa shape index (κ2) is 6.48. The molecule has 1 fully saturated rings. The number of fused-ring (bicyclic) bond motifs is 3. The minimum Gasteiger partial charge on any atom is -0.303 e. The van der Waals surface area contributed by atoms with Crippen LogP contribution in [-0.2, 0) is 10.1 Å². The van der Waals surface area contributed by atoms with Crippen LogP contribution in [0.5, 0.6) is 0 Å². The van der Waals surface area contributed by atoms with Crippen molar-refractivity contribution in [3.05, 3.63) is 64.7 Å². The highest BCUT2D eigenvalue weighted by Gasteiger charge is 2.43. The van der Waals surface area contributed by atoms with Crippen molar-refractivity contribution in [2.45, 2.75) is 37.0 Å². The van der Waals surface area contributed by atoms with Crippen LogP contribution in [0.1, 0.15) is 47.4 Å². The fraction of sp³-hybridized carbons (Fsp3) is 0.429. The third kappa shape index (κ3) is 2.98. The standard InChI is InChI=1S/C21H25NO3S/c1-3-22-11-10-18-20(13-22)17-9-4-14(2)12-19(17)21(18)15-5-7-16(8-6-15)26(23,24)25/h4-9,12,18,20-21H,3,10-11,13H2,1-2H3,(H,23,24,25)/t18-,20-,21+/m1/s1. The first kappa shape index (κ1) is 17.7. The molecule has 0 radical (unpaired) electrons. The van der Waals surface area contributed by atoms with E-state index in [0.717, 1.165) is 31.6 Å². The lowest BCUT2D eigenvalue weighted by molar-refractivity contribution is 0.167. The summed E-state index contributed by atoms with van der Waals surface area (Å²) in [6.07, 6.45) is 1.15. The Hall–Kier alpha value is -1.69. The molecule has 3 atom stereocenters. The lowest BCUT2D eigenvalue weighted by Gasteiger charge is -2.37. The first-order chi connectivity index (χ1) is 12.4. The summed E-state index contributed by atoms with van der Waals surface area (Å²) in [7, 11) is -4.15.